The summed E-state index contributed by atoms with van der Waals surface area (Å²) in [7, 11) is 0. The Bertz CT molecular complexity index is 464. The van der Waals surface area contributed by atoms with Gasteiger partial charge in [0.2, 0.25) is 5.82 Å². The third-order valence-electron chi connectivity index (χ3n) is 3.27. The van der Waals surface area contributed by atoms with Crippen molar-refractivity contribution in [2.45, 2.75) is 37.8 Å². The van der Waals surface area contributed by atoms with Crippen molar-refractivity contribution in [1.29, 1.82) is 0 Å². The molecule has 1 fully saturated rings. The zero-order chi connectivity index (χ0) is 14.2. The Balaban J connectivity index is 2.34. The summed E-state index contributed by atoms with van der Waals surface area (Å²) in [4.78, 5) is 0. The largest absolute Gasteiger partial charge is 0.391 e. The van der Waals surface area contributed by atoms with E-state index in [1.807, 2.05) is 0 Å². The van der Waals surface area contributed by atoms with Crippen molar-refractivity contribution in [3.05, 3.63) is 29.1 Å². The van der Waals surface area contributed by atoms with E-state index in [-0.39, 0.29) is 0 Å². The molecule has 2 rings (SSSR count). The summed E-state index contributed by atoms with van der Waals surface area (Å²) in [5.74, 6) is -9.99. The van der Waals surface area contributed by atoms with E-state index in [0.717, 1.165) is 6.42 Å². The molecule has 19 heavy (non-hydrogen) atoms. The average Bonchev–Trinajstić information content (AvgIpc) is 2.41. The van der Waals surface area contributed by atoms with Crippen molar-refractivity contribution in [2.75, 3.05) is 5.32 Å². The second-order valence-electron chi connectivity index (χ2n) is 4.55. The molecule has 2 unspecified atom stereocenters. The fraction of sp³-hybridized carbons (Fsp3) is 0.500. The number of aliphatic hydroxyl groups is 1. The second kappa shape index (κ2) is 5.32. The van der Waals surface area contributed by atoms with Crippen LogP contribution in [0, 0.1) is 29.1 Å². The van der Waals surface area contributed by atoms with Crippen LogP contribution in [-0.4, -0.2) is 17.3 Å². The number of aliphatic hydroxyl groups excluding tert-OH is 1. The SMILES string of the molecule is OC1CCCCC1Nc1c(F)c(F)c(F)c(F)c1F. The molecule has 0 aliphatic heterocycles. The van der Waals surface area contributed by atoms with Crippen LogP contribution in [0.4, 0.5) is 27.6 Å². The van der Waals surface area contributed by atoms with E-state index < -0.39 is 46.9 Å². The van der Waals surface area contributed by atoms with Gasteiger partial charge in [0.15, 0.2) is 23.3 Å². The van der Waals surface area contributed by atoms with Crippen LogP contribution in [0.25, 0.3) is 0 Å². The number of rotatable bonds is 2. The number of nitrogens with one attached hydrogen (secondary N) is 1. The van der Waals surface area contributed by atoms with Gasteiger partial charge in [-0.3, -0.25) is 0 Å². The van der Waals surface area contributed by atoms with Gasteiger partial charge in [-0.25, -0.2) is 22.0 Å². The van der Waals surface area contributed by atoms with Gasteiger partial charge in [0.1, 0.15) is 5.69 Å². The number of anilines is 1. The van der Waals surface area contributed by atoms with E-state index in [4.69, 9.17) is 0 Å². The number of hydrogen-bond donors (Lipinski definition) is 2. The Morgan fingerprint density at radius 3 is 1.79 bits per heavy atom. The van der Waals surface area contributed by atoms with Gasteiger partial charge in [0.05, 0.1) is 12.1 Å². The molecule has 0 radical (unpaired) electrons. The van der Waals surface area contributed by atoms with Crippen LogP contribution in [0.2, 0.25) is 0 Å². The summed E-state index contributed by atoms with van der Waals surface area (Å²) in [6.45, 7) is 0. The first kappa shape index (κ1) is 14.0. The van der Waals surface area contributed by atoms with Crippen LogP contribution in [0.5, 0.6) is 0 Å². The van der Waals surface area contributed by atoms with Gasteiger partial charge in [-0.15, -0.1) is 0 Å². The van der Waals surface area contributed by atoms with Gasteiger partial charge in [0.25, 0.3) is 0 Å². The van der Waals surface area contributed by atoms with E-state index in [1.165, 1.54) is 0 Å². The normalized spacial score (nSPS) is 23.5. The molecule has 1 saturated carbocycles. The maximum atomic E-state index is 13.4. The minimum absolute atomic E-state index is 0.403. The molecule has 1 aromatic rings. The Kier molecular flexibility index (Phi) is 3.93. The maximum absolute atomic E-state index is 13.4. The Labute approximate surface area is 106 Å². The zero-order valence-corrected chi connectivity index (χ0v) is 9.82. The lowest BCUT2D eigenvalue weighted by molar-refractivity contribution is 0.116. The van der Waals surface area contributed by atoms with Gasteiger partial charge >= 0.3 is 0 Å². The monoisotopic (exact) mass is 281 g/mol. The number of halogens is 5. The van der Waals surface area contributed by atoms with Crippen molar-refractivity contribution < 1.29 is 27.1 Å². The molecular weight excluding hydrogens is 269 g/mol. The smallest absolute Gasteiger partial charge is 0.200 e. The lowest BCUT2D eigenvalue weighted by atomic mass is 9.92. The standard InChI is InChI=1S/C12H12F5NO/c13-7-8(14)10(16)12(11(17)9(7)15)18-5-3-1-2-4-6(5)19/h5-6,18-19H,1-4H2. The number of hydrogen-bond acceptors (Lipinski definition) is 2. The van der Waals surface area contributed by atoms with Crippen LogP contribution in [0.1, 0.15) is 25.7 Å². The Morgan fingerprint density at radius 2 is 1.26 bits per heavy atom. The van der Waals surface area contributed by atoms with E-state index in [0.29, 0.717) is 19.3 Å². The lowest BCUT2D eigenvalue weighted by Gasteiger charge is -2.29. The van der Waals surface area contributed by atoms with E-state index in [1.54, 1.807) is 0 Å². The topological polar surface area (TPSA) is 32.3 Å². The molecule has 0 aromatic heterocycles. The molecule has 2 N–H and O–H groups in total. The molecule has 1 aliphatic rings. The van der Waals surface area contributed by atoms with Crippen LogP contribution < -0.4 is 5.32 Å². The molecule has 0 bridgehead atoms. The molecule has 2 atom stereocenters. The van der Waals surface area contributed by atoms with Crippen LogP contribution in [-0.2, 0) is 0 Å². The molecule has 0 saturated heterocycles. The van der Waals surface area contributed by atoms with Crippen LogP contribution in [0.3, 0.4) is 0 Å². The predicted octanol–water partition coefficient (Wildman–Crippen LogP) is 3.10. The van der Waals surface area contributed by atoms with Crippen LogP contribution >= 0.6 is 0 Å². The first-order chi connectivity index (χ1) is 8.93. The molecule has 0 spiro atoms. The molecule has 1 aromatic carbocycles. The molecule has 1 aliphatic carbocycles. The first-order valence-electron chi connectivity index (χ1n) is 5.89. The van der Waals surface area contributed by atoms with Gasteiger partial charge < -0.3 is 10.4 Å². The summed E-state index contributed by atoms with van der Waals surface area (Å²) in [6.07, 6.45) is 1.43. The highest BCUT2D eigenvalue weighted by Gasteiger charge is 2.30. The predicted molar refractivity (Wildman–Crippen MR) is 58.1 cm³/mol. The molecule has 7 heteroatoms. The second-order valence-corrected chi connectivity index (χ2v) is 4.55. The highest BCUT2D eigenvalue weighted by atomic mass is 19.2. The van der Waals surface area contributed by atoms with E-state index in [2.05, 4.69) is 5.32 Å². The minimum Gasteiger partial charge on any atom is -0.391 e. The van der Waals surface area contributed by atoms with Gasteiger partial charge in [-0.1, -0.05) is 12.8 Å². The van der Waals surface area contributed by atoms with Gasteiger partial charge in [-0.05, 0) is 12.8 Å². The fourth-order valence-corrected chi connectivity index (χ4v) is 2.20. The summed E-state index contributed by atoms with van der Waals surface area (Å²) < 4.78 is 65.7. The molecular formula is C12H12F5NO. The fourth-order valence-electron chi connectivity index (χ4n) is 2.20. The quantitative estimate of drug-likeness (QED) is 0.496. The Hall–Kier alpha value is -1.37. The van der Waals surface area contributed by atoms with E-state index >= 15 is 0 Å². The third-order valence-corrected chi connectivity index (χ3v) is 3.27. The highest BCUT2D eigenvalue weighted by molar-refractivity contribution is 5.48. The van der Waals surface area contributed by atoms with Crippen molar-refractivity contribution in [2.24, 2.45) is 0 Å². The summed E-state index contributed by atoms with van der Waals surface area (Å²) in [6, 6.07) is -0.720. The number of benzene rings is 1. The summed E-state index contributed by atoms with van der Waals surface area (Å²) in [5.41, 5.74) is -1.08. The zero-order valence-electron chi connectivity index (χ0n) is 9.82. The summed E-state index contributed by atoms with van der Waals surface area (Å²) >= 11 is 0. The summed E-state index contributed by atoms with van der Waals surface area (Å²) in [5, 5.41) is 11.9. The highest BCUT2D eigenvalue weighted by Crippen LogP contribution is 2.30. The molecule has 0 heterocycles. The van der Waals surface area contributed by atoms with Crippen LogP contribution in [0.15, 0.2) is 0 Å². The van der Waals surface area contributed by atoms with Crippen molar-refractivity contribution >= 4 is 5.69 Å². The molecule has 106 valence electrons. The lowest BCUT2D eigenvalue weighted by Crippen LogP contribution is -2.37. The van der Waals surface area contributed by atoms with Gasteiger partial charge in [0, 0.05) is 0 Å². The third kappa shape index (κ3) is 2.51. The first-order valence-corrected chi connectivity index (χ1v) is 5.89. The molecule has 2 nitrogen and oxygen atoms in total. The minimum atomic E-state index is -2.19. The molecule has 0 amide bonds. The van der Waals surface area contributed by atoms with Crippen molar-refractivity contribution in [3.63, 3.8) is 0 Å². The van der Waals surface area contributed by atoms with E-state index in [9.17, 15) is 27.1 Å². The van der Waals surface area contributed by atoms with Crippen molar-refractivity contribution in [1.82, 2.24) is 0 Å². The average molecular weight is 281 g/mol. The maximum Gasteiger partial charge on any atom is 0.200 e. The Morgan fingerprint density at radius 1 is 0.789 bits per heavy atom. The van der Waals surface area contributed by atoms with Crippen molar-refractivity contribution in [3.8, 4) is 0 Å². The van der Waals surface area contributed by atoms with Gasteiger partial charge in [-0.2, -0.15) is 0 Å².